The van der Waals surface area contributed by atoms with Crippen molar-refractivity contribution in [1.82, 2.24) is 9.38 Å². The highest BCUT2D eigenvalue weighted by Gasteiger charge is 2.26. The number of para-hydroxylation sites is 1. The average Bonchev–Trinajstić information content (AvgIpc) is 3.20. The van der Waals surface area contributed by atoms with Gasteiger partial charge in [0.1, 0.15) is 15.7 Å². The Hall–Kier alpha value is -3.52. The summed E-state index contributed by atoms with van der Waals surface area (Å²) in [6, 6.07) is 20.8. The molecule has 39 heavy (non-hydrogen) atoms. The van der Waals surface area contributed by atoms with Gasteiger partial charge in [-0.05, 0) is 69.2 Å². The highest BCUT2D eigenvalue weighted by atomic mass is 14.9. The summed E-state index contributed by atoms with van der Waals surface area (Å²) in [5, 5.41) is 9.28. The zero-order chi connectivity index (χ0) is 27.4. The molecule has 0 radical (unpaired) electrons. The number of fused-ring (bicyclic) bond motifs is 7. The van der Waals surface area contributed by atoms with Crippen LogP contribution in [0.4, 0.5) is 0 Å². The molecular weight excluding hydrogens is 470 g/mol. The van der Waals surface area contributed by atoms with Gasteiger partial charge in [0.25, 0.3) is 0 Å². The molecule has 4 aromatic carbocycles. The first kappa shape index (κ1) is 24.5. The predicted molar refractivity (Wildman–Crippen MR) is 177 cm³/mol. The molecular formula is C35H36B2N2. The van der Waals surface area contributed by atoms with Gasteiger partial charge in [0, 0.05) is 27.7 Å². The van der Waals surface area contributed by atoms with Crippen molar-refractivity contribution in [1.29, 1.82) is 0 Å². The summed E-state index contributed by atoms with van der Waals surface area (Å²) in [7, 11) is 4.57. The lowest BCUT2D eigenvalue weighted by atomic mass is 9.75. The van der Waals surface area contributed by atoms with Crippen molar-refractivity contribution in [3.8, 4) is 0 Å². The minimum absolute atomic E-state index is 0.136. The van der Waals surface area contributed by atoms with E-state index in [1.165, 1.54) is 76.3 Å². The number of rotatable bonds is 2. The van der Waals surface area contributed by atoms with Crippen molar-refractivity contribution in [2.45, 2.75) is 54.4 Å². The highest BCUT2D eigenvalue weighted by Crippen LogP contribution is 2.43. The van der Waals surface area contributed by atoms with Crippen LogP contribution in [0.1, 0.15) is 52.7 Å². The molecule has 2 nitrogen and oxygen atoms in total. The van der Waals surface area contributed by atoms with Gasteiger partial charge in [-0.2, -0.15) is 0 Å². The lowest BCUT2D eigenvalue weighted by Crippen LogP contribution is -2.27. The number of hydrogen-bond donors (Lipinski definition) is 0. The topological polar surface area (TPSA) is 17.3 Å². The summed E-state index contributed by atoms with van der Waals surface area (Å²) < 4.78 is 2.59. The number of pyridine rings is 2. The summed E-state index contributed by atoms with van der Waals surface area (Å²) in [5.74, 6) is 0. The first-order valence-electron chi connectivity index (χ1n) is 14.3. The monoisotopic (exact) mass is 506 g/mol. The second kappa shape index (κ2) is 8.01. The van der Waals surface area contributed by atoms with Gasteiger partial charge in [0.2, 0.25) is 0 Å². The summed E-state index contributed by atoms with van der Waals surface area (Å²) in [4.78, 5) is 5.12. The number of benzene rings is 4. The maximum Gasteiger partial charge on any atom is 0.139 e. The van der Waals surface area contributed by atoms with Gasteiger partial charge in [-0.1, -0.05) is 88.9 Å². The van der Waals surface area contributed by atoms with Gasteiger partial charge in [-0.25, -0.2) is 0 Å². The SMILES string of the molecule is Bc1c(B)c2c3ccccc3n3c4c(CC(C)(C)C)c5ccc(CC(C)(C)C)cc5cc4c4nccc1c4c23. The molecule has 0 unspecified atom stereocenters. The van der Waals surface area contributed by atoms with Crippen molar-refractivity contribution in [3.05, 3.63) is 71.9 Å². The molecule has 0 saturated carbocycles. The second-order valence-electron chi connectivity index (χ2n) is 14.2. The van der Waals surface area contributed by atoms with E-state index in [2.05, 4.69) is 116 Å². The highest BCUT2D eigenvalue weighted by molar-refractivity contribution is 6.59. The van der Waals surface area contributed by atoms with Crippen molar-refractivity contribution in [3.63, 3.8) is 0 Å². The van der Waals surface area contributed by atoms with Gasteiger partial charge in [-0.15, -0.1) is 0 Å². The molecule has 0 fully saturated rings. The molecule has 3 aromatic heterocycles. The van der Waals surface area contributed by atoms with Crippen LogP contribution in [0, 0.1) is 10.8 Å². The molecule has 0 spiro atoms. The molecule has 0 amide bonds. The normalized spacial score (nSPS) is 13.3. The molecule has 0 atom stereocenters. The maximum atomic E-state index is 5.12. The summed E-state index contributed by atoms with van der Waals surface area (Å²) in [6.45, 7) is 14.0. The Morgan fingerprint density at radius 1 is 0.692 bits per heavy atom. The average molecular weight is 506 g/mol. The fraction of sp³-hybridized carbons (Fsp3) is 0.286. The lowest BCUT2D eigenvalue weighted by molar-refractivity contribution is 0.411. The number of nitrogens with zero attached hydrogens (tertiary/aromatic N) is 2. The molecule has 0 aliphatic rings. The fourth-order valence-electron chi connectivity index (χ4n) is 7.08. The lowest BCUT2D eigenvalue weighted by Gasteiger charge is -2.24. The van der Waals surface area contributed by atoms with E-state index < -0.39 is 0 Å². The number of aromatic nitrogens is 2. The first-order valence-corrected chi connectivity index (χ1v) is 14.3. The minimum atomic E-state index is 0.136. The van der Waals surface area contributed by atoms with Crippen LogP contribution in [-0.4, -0.2) is 25.1 Å². The van der Waals surface area contributed by atoms with Crippen LogP contribution in [0.25, 0.3) is 59.8 Å². The van der Waals surface area contributed by atoms with E-state index in [4.69, 9.17) is 4.98 Å². The van der Waals surface area contributed by atoms with E-state index in [-0.39, 0.29) is 10.8 Å². The minimum Gasteiger partial charge on any atom is -0.308 e. The van der Waals surface area contributed by atoms with Gasteiger partial charge in [0.15, 0.2) is 0 Å². The van der Waals surface area contributed by atoms with Crippen LogP contribution in [0.5, 0.6) is 0 Å². The second-order valence-corrected chi connectivity index (χ2v) is 14.2. The Bertz CT molecular complexity index is 2100. The molecule has 3 heterocycles. The Morgan fingerprint density at radius 3 is 2.18 bits per heavy atom. The van der Waals surface area contributed by atoms with E-state index in [9.17, 15) is 0 Å². The molecule has 0 N–H and O–H groups in total. The Kier molecular flexibility index (Phi) is 5.03. The van der Waals surface area contributed by atoms with Crippen LogP contribution in [0.2, 0.25) is 0 Å². The van der Waals surface area contributed by atoms with E-state index in [1.807, 2.05) is 6.20 Å². The van der Waals surface area contributed by atoms with Crippen LogP contribution in [0.3, 0.4) is 0 Å². The quantitative estimate of drug-likeness (QED) is 0.154. The molecule has 0 bridgehead atoms. The zero-order valence-electron chi connectivity index (χ0n) is 24.6. The van der Waals surface area contributed by atoms with Crippen molar-refractivity contribution in [2.24, 2.45) is 10.8 Å². The Labute approximate surface area is 232 Å². The third-order valence-corrected chi connectivity index (χ3v) is 8.61. The molecule has 0 aliphatic heterocycles. The maximum absolute atomic E-state index is 5.12. The first-order chi connectivity index (χ1) is 18.4. The summed E-state index contributed by atoms with van der Waals surface area (Å²) in [5.41, 5.74) is 11.0. The van der Waals surface area contributed by atoms with Crippen LogP contribution in [-0.2, 0) is 12.8 Å². The summed E-state index contributed by atoms with van der Waals surface area (Å²) >= 11 is 0. The van der Waals surface area contributed by atoms with Crippen molar-refractivity contribution >= 4 is 86.4 Å². The standard InChI is InChI=1S/C35H36B2N2/c1-34(2,3)17-19-11-12-21-20(15-19)16-24-31-28-23(13-14-38-31)29(36)30(37)27-22-9-7-8-10-26(22)39(33(27)28)32(24)25(21)18-35(4,5)6/h7-16H,17-18,36-37H2,1-6H3. The van der Waals surface area contributed by atoms with Crippen molar-refractivity contribution in [2.75, 3.05) is 0 Å². The Morgan fingerprint density at radius 2 is 1.44 bits per heavy atom. The van der Waals surface area contributed by atoms with Crippen LogP contribution in [0.15, 0.2) is 60.8 Å². The molecule has 7 rings (SSSR count). The third kappa shape index (κ3) is 3.60. The van der Waals surface area contributed by atoms with Crippen LogP contribution >= 0.6 is 0 Å². The van der Waals surface area contributed by atoms with Gasteiger partial charge >= 0.3 is 0 Å². The van der Waals surface area contributed by atoms with E-state index in [0.29, 0.717) is 0 Å². The van der Waals surface area contributed by atoms with E-state index in [1.54, 1.807) is 0 Å². The smallest absolute Gasteiger partial charge is 0.139 e. The van der Waals surface area contributed by atoms with Crippen molar-refractivity contribution < 1.29 is 0 Å². The van der Waals surface area contributed by atoms with E-state index in [0.717, 1.165) is 18.4 Å². The van der Waals surface area contributed by atoms with Gasteiger partial charge in [0.05, 0.1) is 22.1 Å². The number of hydrogen-bond acceptors (Lipinski definition) is 1. The van der Waals surface area contributed by atoms with Crippen LogP contribution < -0.4 is 10.9 Å². The van der Waals surface area contributed by atoms with E-state index >= 15 is 0 Å². The molecule has 7 aromatic rings. The third-order valence-electron chi connectivity index (χ3n) is 8.61. The Balaban J connectivity index is 1.79. The predicted octanol–water partition coefficient (Wildman–Crippen LogP) is 6.23. The molecule has 0 aliphatic carbocycles. The fourth-order valence-corrected chi connectivity index (χ4v) is 7.08. The molecule has 0 saturated heterocycles. The largest absolute Gasteiger partial charge is 0.308 e. The van der Waals surface area contributed by atoms with Gasteiger partial charge in [-0.3, -0.25) is 4.98 Å². The molecule has 4 heteroatoms. The summed E-state index contributed by atoms with van der Waals surface area (Å²) in [6.07, 6.45) is 4.07. The molecule has 192 valence electrons. The zero-order valence-corrected chi connectivity index (χ0v) is 24.6. The van der Waals surface area contributed by atoms with Gasteiger partial charge < -0.3 is 4.40 Å².